The highest BCUT2D eigenvalue weighted by Gasteiger charge is 2.34. The first-order chi connectivity index (χ1) is 9.91. The van der Waals surface area contributed by atoms with E-state index in [-0.39, 0.29) is 11.3 Å². The summed E-state index contributed by atoms with van der Waals surface area (Å²) in [5.41, 5.74) is -0.589. The van der Waals surface area contributed by atoms with Crippen molar-refractivity contribution in [2.24, 2.45) is 0 Å². The molecule has 7 heteroatoms. The average Bonchev–Trinajstić information content (AvgIpc) is 2.43. The molecule has 0 aromatic carbocycles. The monoisotopic (exact) mass is 296 g/mol. The molecule has 0 fully saturated rings. The Morgan fingerprint density at radius 1 is 1.24 bits per heavy atom. The molecule has 0 unspecified atom stereocenters. The number of nitrogens with zero attached hydrogens (tertiary/aromatic N) is 3. The highest BCUT2D eigenvalue weighted by Crippen LogP contribution is 2.36. The summed E-state index contributed by atoms with van der Waals surface area (Å²) in [4.78, 5) is 12.0. The van der Waals surface area contributed by atoms with Crippen LogP contribution in [0.3, 0.4) is 0 Å². The Morgan fingerprint density at radius 3 is 2.67 bits per heavy atom. The predicted molar refractivity (Wildman–Crippen MR) is 73.8 cm³/mol. The molecule has 0 radical (unpaired) electrons. The van der Waals surface area contributed by atoms with Crippen molar-refractivity contribution in [2.75, 3.05) is 11.9 Å². The van der Waals surface area contributed by atoms with E-state index in [1.165, 1.54) is 12.3 Å². The van der Waals surface area contributed by atoms with E-state index < -0.39 is 11.7 Å². The van der Waals surface area contributed by atoms with Crippen LogP contribution in [-0.2, 0) is 6.18 Å². The van der Waals surface area contributed by atoms with E-state index >= 15 is 0 Å². The van der Waals surface area contributed by atoms with Crippen molar-refractivity contribution in [3.63, 3.8) is 0 Å². The molecule has 0 aliphatic heterocycles. The van der Waals surface area contributed by atoms with E-state index in [1.54, 1.807) is 6.92 Å². The SMILES string of the molecule is CCCNc1cc(-c2cnccc2C(F)(F)F)nc(C)n1. The number of halogens is 3. The summed E-state index contributed by atoms with van der Waals surface area (Å²) >= 11 is 0. The Morgan fingerprint density at radius 2 is 2.00 bits per heavy atom. The second-order valence-corrected chi connectivity index (χ2v) is 4.53. The van der Waals surface area contributed by atoms with Crippen molar-refractivity contribution in [2.45, 2.75) is 26.4 Å². The van der Waals surface area contributed by atoms with E-state index in [0.29, 0.717) is 18.2 Å². The Kier molecular flexibility index (Phi) is 4.40. The van der Waals surface area contributed by atoms with Crippen molar-refractivity contribution in [3.05, 3.63) is 35.9 Å². The van der Waals surface area contributed by atoms with Gasteiger partial charge >= 0.3 is 6.18 Å². The van der Waals surface area contributed by atoms with Crippen molar-refractivity contribution >= 4 is 5.82 Å². The molecule has 2 rings (SSSR count). The first-order valence-corrected chi connectivity index (χ1v) is 6.53. The average molecular weight is 296 g/mol. The Labute approximate surface area is 120 Å². The van der Waals surface area contributed by atoms with Gasteiger partial charge in [0.05, 0.1) is 11.3 Å². The lowest BCUT2D eigenvalue weighted by molar-refractivity contribution is -0.137. The van der Waals surface area contributed by atoms with Gasteiger partial charge in [-0.2, -0.15) is 13.2 Å². The van der Waals surface area contributed by atoms with Crippen LogP contribution in [0.15, 0.2) is 24.5 Å². The summed E-state index contributed by atoms with van der Waals surface area (Å²) in [6, 6.07) is 2.46. The number of pyridine rings is 1. The molecular formula is C14H15F3N4. The fourth-order valence-electron chi connectivity index (χ4n) is 1.90. The molecule has 112 valence electrons. The van der Waals surface area contributed by atoms with Crippen LogP contribution in [0.1, 0.15) is 24.7 Å². The van der Waals surface area contributed by atoms with Crippen LogP contribution in [0.25, 0.3) is 11.3 Å². The van der Waals surface area contributed by atoms with Gasteiger partial charge in [-0.15, -0.1) is 0 Å². The van der Waals surface area contributed by atoms with Crippen molar-refractivity contribution in [1.29, 1.82) is 0 Å². The van der Waals surface area contributed by atoms with Crippen LogP contribution in [0, 0.1) is 6.92 Å². The highest BCUT2D eigenvalue weighted by molar-refractivity contribution is 5.66. The Bertz CT molecular complexity index is 626. The van der Waals surface area contributed by atoms with Gasteiger partial charge in [-0.05, 0) is 19.4 Å². The zero-order chi connectivity index (χ0) is 15.5. The molecule has 0 aliphatic carbocycles. The van der Waals surface area contributed by atoms with Crippen molar-refractivity contribution < 1.29 is 13.2 Å². The van der Waals surface area contributed by atoms with Gasteiger partial charge < -0.3 is 5.32 Å². The van der Waals surface area contributed by atoms with E-state index in [1.807, 2.05) is 6.92 Å². The van der Waals surface area contributed by atoms with Gasteiger partial charge in [0.15, 0.2) is 0 Å². The molecule has 1 N–H and O–H groups in total. The maximum atomic E-state index is 13.1. The smallest absolute Gasteiger partial charge is 0.370 e. The zero-order valence-electron chi connectivity index (χ0n) is 11.7. The number of nitrogens with one attached hydrogen (secondary N) is 1. The minimum absolute atomic E-state index is 0.0463. The number of hydrogen-bond donors (Lipinski definition) is 1. The normalized spacial score (nSPS) is 11.5. The largest absolute Gasteiger partial charge is 0.417 e. The van der Waals surface area contributed by atoms with E-state index in [2.05, 4.69) is 20.3 Å². The van der Waals surface area contributed by atoms with Gasteiger partial charge in [0.25, 0.3) is 0 Å². The number of hydrogen-bond acceptors (Lipinski definition) is 4. The first-order valence-electron chi connectivity index (χ1n) is 6.53. The molecule has 4 nitrogen and oxygen atoms in total. The Hall–Kier alpha value is -2.18. The van der Waals surface area contributed by atoms with Crippen LogP contribution < -0.4 is 5.32 Å². The van der Waals surface area contributed by atoms with Crippen molar-refractivity contribution in [3.8, 4) is 11.3 Å². The number of alkyl halides is 3. The summed E-state index contributed by atoms with van der Waals surface area (Å²) in [7, 11) is 0. The van der Waals surface area contributed by atoms with Gasteiger partial charge in [0.1, 0.15) is 11.6 Å². The number of aryl methyl sites for hydroxylation is 1. The molecule has 0 saturated heterocycles. The fourth-order valence-corrected chi connectivity index (χ4v) is 1.90. The molecule has 0 spiro atoms. The minimum Gasteiger partial charge on any atom is -0.370 e. The molecule has 2 aromatic heterocycles. The molecule has 0 aliphatic rings. The van der Waals surface area contributed by atoms with Gasteiger partial charge in [-0.25, -0.2) is 9.97 Å². The lowest BCUT2D eigenvalue weighted by Crippen LogP contribution is -2.09. The van der Waals surface area contributed by atoms with Gasteiger partial charge in [0, 0.05) is 30.6 Å². The molecule has 0 bridgehead atoms. The number of aromatic nitrogens is 3. The number of anilines is 1. The summed E-state index contributed by atoms with van der Waals surface area (Å²) in [5, 5.41) is 3.05. The fraction of sp³-hybridized carbons (Fsp3) is 0.357. The molecule has 21 heavy (non-hydrogen) atoms. The first kappa shape index (κ1) is 15.2. The highest BCUT2D eigenvalue weighted by atomic mass is 19.4. The number of rotatable bonds is 4. The molecule has 0 saturated carbocycles. The summed E-state index contributed by atoms with van der Waals surface area (Å²) in [6.07, 6.45) is -1.27. The third-order valence-corrected chi connectivity index (χ3v) is 2.80. The van der Waals surface area contributed by atoms with Crippen LogP contribution in [0.5, 0.6) is 0 Å². The molecule has 2 heterocycles. The molecule has 2 aromatic rings. The van der Waals surface area contributed by atoms with Crippen LogP contribution in [0.2, 0.25) is 0 Å². The molecule has 0 atom stereocenters. The second kappa shape index (κ2) is 6.07. The maximum absolute atomic E-state index is 13.1. The second-order valence-electron chi connectivity index (χ2n) is 4.53. The topological polar surface area (TPSA) is 50.7 Å². The van der Waals surface area contributed by atoms with Crippen LogP contribution >= 0.6 is 0 Å². The van der Waals surface area contributed by atoms with Crippen LogP contribution in [-0.4, -0.2) is 21.5 Å². The van der Waals surface area contributed by atoms with Gasteiger partial charge in [0.2, 0.25) is 0 Å². The Balaban J connectivity index is 2.49. The van der Waals surface area contributed by atoms with Crippen LogP contribution in [0.4, 0.5) is 19.0 Å². The zero-order valence-corrected chi connectivity index (χ0v) is 11.7. The van der Waals surface area contributed by atoms with Gasteiger partial charge in [-0.3, -0.25) is 4.98 Å². The predicted octanol–water partition coefficient (Wildman–Crippen LogP) is 3.69. The summed E-state index contributed by atoms with van der Waals surface area (Å²) in [6.45, 7) is 4.32. The molecule has 0 amide bonds. The van der Waals surface area contributed by atoms with Crippen molar-refractivity contribution in [1.82, 2.24) is 15.0 Å². The third-order valence-electron chi connectivity index (χ3n) is 2.80. The molecular weight excluding hydrogens is 281 g/mol. The standard InChI is InChI=1S/C14H15F3N4/c1-3-5-19-13-7-12(20-9(2)21-13)10-8-18-6-4-11(10)14(15,16)17/h4,6-8H,3,5H2,1-2H3,(H,19,20,21). The summed E-state index contributed by atoms with van der Waals surface area (Å²) in [5.74, 6) is 0.916. The maximum Gasteiger partial charge on any atom is 0.417 e. The van der Waals surface area contributed by atoms with E-state index in [0.717, 1.165) is 18.7 Å². The summed E-state index contributed by atoms with van der Waals surface area (Å²) < 4.78 is 39.2. The minimum atomic E-state index is -4.45. The van der Waals surface area contributed by atoms with E-state index in [9.17, 15) is 13.2 Å². The lowest BCUT2D eigenvalue weighted by Gasteiger charge is -2.13. The quantitative estimate of drug-likeness (QED) is 0.935. The van der Waals surface area contributed by atoms with Gasteiger partial charge in [-0.1, -0.05) is 6.92 Å². The third kappa shape index (κ3) is 3.68. The van der Waals surface area contributed by atoms with E-state index in [4.69, 9.17) is 0 Å². The lowest BCUT2D eigenvalue weighted by atomic mass is 10.1.